The van der Waals surface area contributed by atoms with Crippen LogP contribution in [0.2, 0.25) is 0 Å². The van der Waals surface area contributed by atoms with Gasteiger partial charge in [0, 0.05) is 23.4 Å². The number of nitrogens with zero attached hydrogens (tertiary/aromatic N) is 1. The van der Waals surface area contributed by atoms with E-state index in [0.29, 0.717) is 6.42 Å². The van der Waals surface area contributed by atoms with Gasteiger partial charge < -0.3 is 11.5 Å². The molecule has 0 aromatic heterocycles. The number of anilines is 1. The Hall–Kier alpha value is -2.13. The van der Waals surface area contributed by atoms with E-state index in [4.69, 9.17) is 16.5 Å². The minimum atomic E-state index is -0.624. The third-order valence-electron chi connectivity index (χ3n) is 4.99. The Morgan fingerprint density at radius 1 is 1.00 bits per heavy atom. The molecule has 3 nitrogen and oxygen atoms in total. The van der Waals surface area contributed by atoms with Gasteiger partial charge in [0.2, 0.25) is 0 Å². The highest BCUT2D eigenvalue weighted by Gasteiger charge is 2.39. The Morgan fingerprint density at radius 2 is 1.70 bits per heavy atom. The monoisotopic (exact) mass is 307 g/mol. The van der Waals surface area contributed by atoms with Crippen molar-refractivity contribution in [1.29, 1.82) is 0 Å². The van der Waals surface area contributed by atoms with Crippen LogP contribution < -0.4 is 11.5 Å². The number of aryl methyl sites for hydroxylation is 3. The fourth-order valence-corrected chi connectivity index (χ4v) is 3.80. The van der Waals surface area contributed by atoms with Crippen molar-refractivity contribution in [3.05, 3.63) is 57.6 Å². The lowest BCUT2D eigenvalue weighted by Crippen LogP contribution is -2.43. The second-order valence-corrected chi connectivity index (χ2v) is 6.94. The summed E-state index contributed by atoms with van der Waals surface area (Å²) in [5, 5.41) is 0. The van der Waals surface area contributed by atoms with Gasteiger partial charge in [-0.3, -0.25) is 4.99 Å². The molecule has 0 radical (unpaired) electrons. The van der Waals surface area contributed by atoms with E-state index in [9.17, 15) is 0 Å². The summed E-state index contributed by atoms with van der Waals surface area (Å²) in [6, 6.07) is 8.47. The standard InChI is InChI=1S/C20H25N3/c1-11-6-7-16(13(3)8-11)20(22)10-14(4)23-19-15(5)12(2)9-17(21)18(19)20/h6-9H,10,21-22H2,1-5H3. The lowest BCUT2D eigenvalue weighted by molar-refractivity contribution is 0.553. The van der Waals surface area contributed by atoms with Gasteiger partial charge in [-0.25, -0.2) is 0 Å². The summed E-state index contributed by atoms with van der Waals surface area (Å²) in [6.45, 7) is 10.4. The number of benzene rings is 2. The molecule has 2 aromatic rings. The van der Waals surface area contributed by atoms with Crippen molar-refractivity contribution >= 4 is 17.1 Å². The smallest absolute Gasteiger partial charge is 0.0762 e. The Bertz CT molecular complexity index is 833. The molecule has 0 amide bonds. The fourth-order valence-electron chi connectivity index (χ4n) is 3.80. The molecule has 0 saturated carbocycles. The first-order chi connectivity index (χ1) is 10.7. The molecule has 120 valence electrons. The maximum Gasteiger partial charge on any atom is 0.0762 e. The van der Waals surface area contributed by atoms with Crippen LogP contribution in [-0.4, -0.2) is 5.71 Å². The van der Waals surface area contributed by atoms with E-state index in [1.165, 1.54) is 11.1 Å². The highest BCUT2D eigenvalue weighted by atomic mass is 14.9. The first kappa shape index (κ1) is 15.8. The topological polar surface area (TPSA) is 64.4 Å². The van der Waals surface area contributed by atoms with Crippen LogP contribution in [0.4, 0.5) is 11.4 Å². The summed E-state index contributed by atoms with van der Waals surface area (Å²) < 4.78 is 0. The summed E-state index contributed by atoms with van der Waals surface area (Å²) in [5.41, 5.74) is 22.4. The average Bonchev–Trinajstić information content (AvgIpc) is 2.43. The van der Waals surface area contributed by atoms with Crippen LogP contribution >= 0.6 is 0 Å². The van der Waals surface area contributed by atoms with Crippen molar-refractivity contribution in [3.8, 4) is 0 Å². The predicted octanol–water partition coefficient (Wildman–Crippen LogP) is 4.20. The number of nitrogen functional groups attached to an aromatic ring is 1. The maximum atomic E-state index is 6.99. The van der Waals surface area contributed by atoms with Crippen molar-refractivity contribution in [1.82, 2.24) is 0 Å². The summed E-state index contributed by atoms with van der Waals surface area (Å²) in [6.07, 6.45) is 0.691. The molecule has 3 rings (SSSR count). The van der Waals surface area contributed by atoms with Crippen LogP contribution in [0.3, 0.4) is 0 Å². The molecule has 3 heteroatoms. The van der Waals surface area contributed by atoms with Gasteiger partial charge in [-0.05, 0) is 62.9 Å². The van der Waals surface area contributed by atoms with Gasteiger partial charge in [0.25, 0.3) is 0 Å². The Morgan fingerprint density at radius 3 is 2.35 bits per heavy atom. The molecular formula is C20H25N3. The van der Waals surface area contributed by atoms with Crippen molar-refractivity contribution in [2.45, 2.75) is 46.6 Å². The van der Waals surface area contributed by atoms with Crippen molar-refractivity contribution in [3.63, 3.8) is 0 Å². The third-order valence-corrected chi connectivity index (χ3v) is 4.99. The number of nitrogens with two attached hydrogens (primary N) is 2. The first-order valence-electron chi connectivity index (χ1n) is 8.05. The van der Waals surface area contributed by atoms with E-state index in [1.807, 2.05) is 13.0 Å². The zero-order valence-corrected chi connectivity index (χ0v) is 14.6. The fraction of sp³-hybridized carbons (Fsp3) is 0.350. The molecule has 0 fully saturated rings. The summed E-state index contributed by atoms with van der Waals surface area (Å²) in [5.74, 6) is 0. The molecule has 0 bridgehead atoms. The van der Waals surface area contributed by atoms with E-state index < -0.39 is 5.54 Å². The minimum absolute atomic E-state index is 0.624. The molecule has 0 spiro atoms. The molecule has 1 atom stereocenters. The van der Waals surface area contributed by atoms with Gasteiger partial charge in [0.15, 0.2) is 0 Å². The summed E-state index contributed by atoms with van der Waals surface area (Å²) in [4.78, 5) is 4.79. The van der Waals surface area contributed by atoms with Crippen LogP contribution in [0.1, 0.15) is 46.7 Å². The highest BCUT2D eigenvalue weighted by molar-refractivity contribution is 5.92. The molecule has 4 N–H and O–H groups in total. The number of rotatable bonds is 1. The number of hydrogen-bond acceptors (Lipinski definition) is 3. The molecule has 1 unspecified atom stereocenters. The number of aliphatic imine (C=N–C) groups is 1. The maximum absolute atomic E-state index is 6.99. The molecular weight excluding hydrogens is 282 g/mol. The molecule has 1 aliphatic heterocycles. The molecule has 2 aromatic carbocycles. The lowest BCUT2D eigenvalue weighted by atomic mass is 9.74. The van der Waals surface area contributed by atoms with Crippen LogP contribution in [0.25, 0.3) is 0 Å². The van der Waals surface area contributed by atoms with E-state index >= 15 is 0 Å². The zero-order valence-electron chi connectivity index (χ0n) is 14.6. The van der Waals surface area contributed by atoms with Crippen molar-refractivity contribution in [2.75, 3.05) is 5.73 Å². The molecule has 0 saturated heterocycles. The van der Waals surface area contributed by atoms with Gasteiger partial charge in [-0.1, -0.05) is 23.8 Å². The van der Waals surface area contributed by atoms with Crippen LogP contribution in [0.5, 0.6) is 0 Å². The average molecular weight is 307 g/mol. The molecule has 23 heavy (non-hydrogen) atoms. The minimum Gasteiger partial charge on any atom is -0.398 e. The second kappa shape index (κ2) is 5.20. The van der Waals surface area contributed by atoms with Gasteiger partial charge in [-0.2, -0.15) is 0 Å². The third kappa shape index (κ3) is 2.36. The summed E-state index contributed by atoms with van der Waals surface area (Å²) in [7, 11) is 0. The van der Waals surface area contributed by atoms with Gasteiger partial charge in [-0.15, -0.1) is 0 Å². The van der Waals surface area contributed by atoms with Crippen molar-refractivity contribution in [2.24, 2.45) is 10.7 Å². The van der Waals surface area contributed by atoms with Gasteiger partial charge in [0.1, 0.15) is 0 Å². The van der Waals surface area contributed by atoms with E-state index in [0.717, 1.165) is 39.3 Å². The van der Waals surface area contributed by atoms with Crippen LogP contribution in [0, 0.1) is 27.7 Å². The van der Waals surface area contributed by atoms with Gasteiger partial charge >= 0.3 is 0 Å². The molecule has 1 aliphatic rings. The van der Waals surface area contributed by atoms with Crippen LogP contribution in [-0.2, 0) is 5.54 Å². The SMILES string of the molecule is CC1=Nc2c(C)c(C)cc(N)c2C(N)(c2ccc(C)cc2C)C1. The molecule has 1 heterocycles. The first-order valence-corrected chi connectivity index (χ1v) is 8.05. The molecule has 0 aliphatic carbocycles. The Kier molecular flexibility index (Phi) is 3.56. The summed E-state index contributed by atoms with van der Waals surface area (Å²) >= 11 is 0. The zero-order chi connectivity index (χ0) is 16.9. The van der Waals surface area contributed by atoms with Crippen LogP contribution in [0.15, 0.2) is 29.3 Å². The number of fused-ring (bicyclic) bond motifs is 1. The number of hydrogen-bond donors (Lipinski definition) is 2. The van der Waals surface area contributed by atoms with E-state index in [1.54, 1.807) is 0 Å². The normalized spacial score (nSPS) is 20.2. The lowest BCUT2D eigenvalue weighted by Gasteiger charge is -2.38. The van der Waals surface area contributed by atoms with E-state index in [2.05, 4.69) is 45.9 Å². The largest absolute Gasteiger partial charge is 0.398 e. The highest BCUT2D eigenvalue weighted by Crippen LogP contribution is 2.46. The Labute approximate surface area is 138 Å². The Balaban J connectivity index is 2.35. The second-order valence-electron chi connectivity index (χ2n) is 6.94. The van der Waals surface area contributed by atoms with Gasteiger partial charge in [0.05, 0.1) is 11.2 Å². The van der Waals surface area contributed by atoms with E-state index in [-0.39, 0.29) is 0 Å². The quantitative estimate of drug-likeness (QED) is 0.775. The van der Waals surface area contributed by atoms with Crippen molar-refractivity contribution < 1.29 is 0 Å². The predicted molar refractivity (Wildman–Crippen MR) is 98.6 cm³/mol.